The summed E-state index contributed by atoms with van der Waals surface area (Å²) in [5.41, 5.74) is 7.24. The number of nitrogens with zero attached hydrogens (tertiary/aromatic N) is 1. The summed E-state index contributed by atoms with van der Waals surface area (Å²) in [6.07, 6.45) is 1.17. The van der Waals surface area contributed by atoms with Gasteiger partial charge in [0.2, 0.25) is 5.91 Å². The maximum Gasteiger partial charge on any atom is 0.222 e. The molecule has 4 N–H and O–H groups in total. The number of benzene rings is 1. The summed E-state index contributed by atoms with van der Waals surface area (Å²) in [4.78, 5) is 13.8. The topological polar surface area (TPSA) is 78.6 Å². The molecule has 20 heavy (non-hydrogen) atoms. The van der Waals surface area contributed by atoms with Crippen LogP contribution in [-0.2, 0) is 4.79 Å². The van der Waals surface area contributed by atoms with Crippen molar-refractivity contribution < 1.29 is 9.90 Å². The van der Waals surface area contributed by atoms with Crippen molar-refractivity contribution in [3.05, 3.63) is 29.8 Å². The number of carbonyl (C=O) groups is 1. The van der Waals surface area contributed by atoms with Gasteiger partial charge in [-0.15, -0.1) is 0 Å². The summed E-state index contributed by atoms with van der Waals surface area (Å²) in [7, 11) is 1.68. The van der Waals surface area contributed by atoms with E-state index in [1.54, 1.807) is 7.05 Å². The highest BCUT2D eigenvalue weighted by Crippen LogP contribution is 2.21. The predicted octanol–water partition coefficient (Wildman–Crippen LogP) is 0.760. The minimum absolute atomic E-state index is 0.112. The van der Waals surface area contributed by atoms with Crippen LogP contribution in [-0.4, -0.2) is 42.6 Å². The zero-order valence-electron chi connectivity index (χ0n) is 11.9. The Hall–Kier alpha value is -1.59. The van der Waals surface area contributed by atoms with Gasteiger partial charge in [0.05, 0.1) is 6.10 Å². The minimum Gasteiger partial charge on any atom is -0.399 e. The van der Waals surface area contributed by atoms with E-state index >= 15 is 0 Å². The highest BCUT2D eigenvalue weighted by atomic mass is 16.3. The van der Waals surface area contributed by atoms with Gasteiger partial charge >= 0.3 is 0 Å². The van der Waals surface area contributed by atoms with Crippen LogP contribution in [0.3, 0.4) is 0 Å². The number of likely N-dealkylation sites (tertiary alicyclic amines) is 1. The van der Waals surface area contributed by atoms with Crippen LogP contribution in [0.5, 0.6) is 0 Å². The molecule has 5 nitrogen and oxygen atoms in total. The molecule has 1 aliphatic heterocycles. The van der Waals surface area contributed by atoms with Gasteiger partial charge in [-0.3, -0.25) is 4.79 Å². The normalized spacial score (nSPS) is 18.7. The van der Waals surface area contributed by atoms with Crippen LogP contribution in [0.4, 0.5) is 5.69 Å². The number of hydrogen-bond donors (Lipinski definition) is 3. The van der Waals surface area contributed by atoms with E-state index in [9.17, 15) is 9.90 Å². The summed E-state index contributed by atoms with van der Waals surface area (Å²) in [6, 6.07) is 7.36. The van der Waals surface area contributed by atoms with Crippen LogP contribution in [0, 0.1) is 5.92 Å². The molecule has 5 heteroatoms. The number of nitrogen functional groups attached to an aromatic ring is 1. The van der Waals surface area contributed by atoms with Crippen molar-refractivity contribution in [3.63, 3.8) is 0 Å². The Kier molecular flexibility index (Phi) is 4.98. The maximum absolute atomic E-state index is 11.6. The fraction of sp³-hybridized carbons (Fsp3) is 0.533. The predicted molar refractivity (Wildman–Crippen MR) is 79.0 cm³/mol. The number of nitrogens with one attached hydrogen (secondary N) is 1. The Labute approximate surface area is 119 Å². The zero-order valence-corrected chi connectivity index (χ0v) is 11.9. The Bertz CT molecular complexity index is 456. The van der Waals surface area contributed by atoms with E-state index in [-0.39, 0.29) is 11.8 Å². The maximum atomic E-state index is 11.6. The molecule has 1 unspecified atom stereocenters. The molecule has 110 valence electrons. The number of piperidine rings is 1. The summed E-state index contributed by atoms with van der Waals surface area (Å²) in [6.45, 7) is 2.28. The lowest BCUT2D eigenvalue weighted by Crippen LogP contribution is -2.41. The van der Waals surface area contributed by atoms with Crippen LogP contribution >= 0.6 is 0 Å². The molecule has 0 spiro atoms. The number of carbonyl (C=O) groups excluding carboxylic acids is 1. The molecule has 1 aliphatic rings. The van der Waals surface area contributed by atoms with Crippen molar-refractivity contribution in [2.45, 2.75) is 18.9 Å². The number of anilines is 1. The number of rotatable bonds is 4. The van der Waals surface area contributed by atoms with E-state index in [0.717, 1.165) is 31.5 Å². The van der Waals surface area contributed by atoms with E-state index in [1.165, 1.54) is 0 Å². The number of aliphatic hydroxyl groups is 1. The van der Waals surface area contributed by atoms with Gasteiger partial charge in [0, 0.05) is 25.2 Å². The van der Waals surface area contributed by atoms with E-state index < -0.39 is 6.10 Å². The van der Waals surface area contributed by atoms with E-state index in [0.29, 0.717) is 12.2 Å². The van der Waals surface area contributed by atoms with Gasteiger partial charge in [0.15, 0.2) is 0 Å². The third-order valence-electron chi connectivity index (χ3n) is 3.93. The summed E-state index contributed by atoms with van der Waals surface area (Å²) in [5, 5.41) is 12.9. The number of aliphatic hydroxyl groups excluding tert-OH is 1. The Balaban J connectivity index is 1.85. The molecule has 1 aromatic rings. The monoisotopic (exact) mass is 277 g/mol. The lowest BCUT2D eigenvalue weighted by Gasteiger charge is -2.32. The lowest BCUT2D eigenvalue weighted by atomic mass is 9.95. The second-order valence-corrected chi connectivity index (χ2v) is 5.38. The number of amides is 1. The largest absolute Gasteiger partial charge is 0.399 e. The Morgan fingerprint density at radius 1 is 1.50 bits per heavy atom. The van der Waals surface area contributed by atoms with Crippen LogP contribution in [0.2, 0.25) is 0 Å². The van der Waals surface area contributed by atoms with Gasteiger partial charge < -0.3 is 21.1 Å². The number of hydrogen-bond acceptors (Lipinski definition) is 4. The van der Waals surface area contributed by atoms with Gasteiger partial charge in [-0.05, 0) is 43.6 Å². The van der Waals surface area contributed by atoms with Crippen molar-refractivity contribution in [2.75, 3.05) is 32.4 Å². The number of β-amino-alcohol motifs (C(OH)–C–C–N with tert-alkyl or cyclic N) is 1. The molecule has 0 radical (unpaired) electrons. The van der Waals surface area contributed by atoms with Gasteiger partial charge in [-0.25, -0.2) is 0 Å². The fourth-order valence-corrected chi connectivity index (χ4v) is 2.70. The van der Waals surface area contributed by atoms with Crippen molar-refractivity contribution in [1.29, 1.82) is 0 Å². The van der Waals surface area contributed by atoms with Crippen LogP contribution in [0.15, 0.2) is 24.3 Å². The molecule has 1 amide bonds. The molecular weight excluding hydrogens is 254 g/mol. The first-order chi connectivity index (χ1) is 9.60. The third-order valence-corrected chi connectivity index (χ3v) is 3.93. The summed E-state index contributed by atoms with van der Waals surface area (Å²) >= 11 is 0. The van der Waals surface area contributed by atoms with Crippen molar-refractivity contribution in [2.24, 2.45) is 5.92 Å². The van der Waals surface area contributed by atoms with Crippen LogP contribution < -0.4 is 11.1 Å². The standard InChI is InChI=1S/C15H23N3O2/c1-17-15(20)11-5-7-18(8-6-11)10-14(19)12-3-2-4-13(16)9-12/h2-4,9,11,14,19H,5-8,10,16H2,1H3,(H,17,20). The van der Waals surface area contributed by atoms with Gasteiger partial charge in [0.25, 0.3) is 0 Å². The third kappa shape index (κ3) is 3.71. The molecule has 2 rings (SSSR count). The fourth-order valence-electron chi connectivity index (χ4n) is 2.70. The highest BCUT2D eigenvalue weighted by molar-refractivity contribution is 5.78. The SMILES string of the molecule is CNC(=O)C1CCN(CC(O)c2cccc(N)c2)CC1. The van der Waals surface area contributed by atoms with Crippen molar-refractivity contribution >= 4 is 11.6 Å². The molecule has 1 fully saturated rings. The van der Waals surface area contributed by atoms with Crippen molar-refractivity contribution in [3.8, 4) is 0 Å². The first-order valence-corrected chi connectivity index (χ1v) is 7.07. The van der Waals surface area contributed by atoms with E-state index in [1.807, 2.05) is 24.3 Å². The van der Waals surface area contributed by atoms with Gasteiger partial charge in [-0.2, -0.15) is 0 Å². The van der Waals surface area contributed by atoms with Gasteiger partial charge in [-0.1, -0.05) is 12.1 Å². The first-order valence-electron chi connectivity index (χ1n) is 7.07. The lowest BCUT2D eigenvalue weighted by molar-refractivity contribution is -0.126. The average Bonchev–Trinajstić information content (AvgIpc) is 2.47. The van der Waals surface area contributed by atoms with Gasteiger partial charge in [0.1, 0.15) is 0 Å². The second-order valence-electron chi connectivity index (χ2n) is 5.38. The summed E-state index contributed by atoms with van der Waals surface area (Å²) in [5.74, 6) is 0.238. The molecule has 1 aromatic carbocycles. The van der Waals surface area contributed by atoms with E-state index in [2.05, 4.69) is 10.2 Å². The molecule has 1 saturated heterocycles. The molecular formula is C15H23N3O2. The molecule has 1 heterocycles. The highest BCUT2D eigenvalue weighted by Gasteiger charge is 2.25. The Morgan fingerprint density at radius 2 is 2.20 bits per heavy atom. The van der Waals surface area contributed by atoms with Crippen LogP contribution in [0.25, 0.3) is 0 Å². The summed E-state index contributed by atoms with van der Waals surface area (Å²) < 4.78 is 0. The zero-order chi connectivity index (χ0) is 14.5. The second kappa shape index (κ2) is 6.72. The smallest absolute Gasteiger partial charge is 0.222 e. The quantitative estimate of drug-likeness (QED) is 0.710. The van der Waals surface area contributed by atoms with Crippen molar-refractivity contribution in [1.82, 2.24) is 10.2 Å². The molecule has 0 aliphatic carbocycles. The van der Waals surface area contributed by atoms with E-state index in [4.69, 9.17) is 5.73 Å². The molecule has 0 bridgehead atoms. The molecule has 1 atom stereocenters. The minimum atomic E-state index is -0.532. The molecule has 0 aromatic heterocycles. The average molecular weight is 277 g/mol. The first kappa shape index (κ1) is 14.8. The molecule has 0 saturated carbocycles. The number of nitrogens with two attached hydrogens (primary N) is 1. The van der Waals surface area contributed by atoms with Crippen LogP contribution in [0.1, 0.15) is 24.5 Å². The Morgan fingerprint density at radius 3 is 2.80 bits per heavy atom.